The third-order valence-corrected chi connectivity index (χ3v) is 4.97. The van der Waals surface area contributed by atoms with Gasteiger partial charge in [-0.3, -0.25) is 9.69 Å². The average molecular weight is 369 g/mol. The van der Waals surface area contributed by atoms with Gasteiger partial charge in [0, 0.05) is 25.2 Å². The zero-order valence-electron chi connectivity index (χ0n) is 13.0. The molecule has 8 heteroatoms. The van der Waals surface area contributed by atoms with E-state index in [-0.39, 0.29) is 6.54 Å². The van der Waals surface area contributed by atoms with Gasteiger partial charge >= 0.3 is 5.97 Å². The lowest BCUT2D eigenvalue weighted by molar-refractivity contribution is -0.137. The van der Waals surface area contributed by atoms with Crippen LogP contribution in [-0.2, 0) is 17.8 Å². The Labute approximate surface area is 150 Å². The molecule has 1 aromatic carbocycles. The van der Waals surface area contributed by atoms with Crippen LogP contribution in [0.25, 0.3) is 0 Å². The second-order valence-corrected chi connectivity index (χ2v) is 6.73. The van der Waals surface area contributed by atoms with Crippen molar-refractivity contribution in [3.05, 3.63) is 45.7 Å². The van der Waals surface area contributed by atoms with Crippen molar-refractivity contribution in [1.82, 2.24) is 19.9 Å². The minimum Gasteiger partial charge on any atom is -0.480 e. The van der Waals surface area contributed by atoms with E-state index in [0.29, 0.717) is 16.1 Å². The molecular weight excluding hydrogens is 351 g/mol. The minimum absolute atomic E-state index is 0.164. The number of hydrogen-bond donors (Lipinski definition) is 1. The zero-order valence-corrected chi connectivity index (χ0v) is 14.5. The lowest BCUT2D eigenvalue weighted by Gasteiger charge is -2.24. The number of aliphatic carboxylic acids is 1. The van der Waals surface area contributed by atoms with Gasteiger partial charge in [-0.15, -0.1) is 5.10 Å². The molecule has 128 valence electrons. The molecule has 1 aliphatic rings. The highest BCUT2D eigenvalue weighted by Gasteiger charge is 2.26. The van der Waals surface area contributed by atoms with Crippen LogP contribution >= 0.6 is 23.2 Å². The summed E-state index contributed by atoms with van der Waals surface area (Å²) in [6, 6.07) is 6.14. The van der Waals surface area contributed by atoms with Gasteiger partial charge in [0.1, 0.15) is 6.54 Å². The number of carbonyl (C=O) groups is 1. The second kappa shape index (κ2) is 7.51. The maximum atomic E-state index is 10.7. The largest absolute Gasteiger partial charge is 0.480 e. The maximum Gasteiger partial charge on any atom is 0.325 e. The predicted octanol–water partition coefficient (Wildman–Crippen LogP) is 3.05. The van der Waals surface area contributed by atoms with E-state index in [4.69, 9.17) is 28.3 Å². The Bertz CT molecular complexity index is 735. The monoisotopic (exact) mass is 368 g/mol. The van der Waals surface area contributed by atoms with E-state index in [2.05, 4.69) is 15.2 Å². The van der Waals surface area contributed by atoms with Crippen LogP contribution in [0, 0.1) is 0 Å². The van der Waals surface area contributed by atoms with E-state index >= 15 is 0 Å². The molecule has 1 saturated heterocycles. The van der Waals surface area contributed by atoms with Crippen LogP contribution in [-0.4, -0.2) is 44.1 Å². The van der Waals surface area contributed by atoms with Gasteiger partial charge in [0.05, 0.1) is 15.7 Å². The number of likely N-dealkylation sites (tertiary alicyclic amines) is 1. The summed E-state index contributed by atoms with van der Waals surface area (Å²) in [5.74, 6) is -0.925. The van der Waals surface area contributed by atoms with Gasteiger partial charge in [0.15, 0.2) is 0 Å². The Kier molecular flexibility index (Phi) is 5.38. The van der Waals surface area contributed by atoms with Crippen LogP contribution in [0.3, 0.4) is 0 Å². The molecule has 24 heavy (non-hydrogen) atoms. The predicted molar refractivity (Wildman–Crippen MR) is 91.4 cm³/mol. The minimum atomic E-state index is -0.925. The molecule has 0 bridgehead atoms. The highest BCUT2D eigenvalue weighted by molar-refractivity contribution is 6.42. The number of carboxylic acids is 1. The summed E-state index contributed by atoms with van der Waals surface area (Å²) in [5.41, 5.74) is 1.98. The molecule has 0 amide bonds. The van der Waals surface area contributed by atoms with Crippen LogP contribution in [0.1, 0.15) is 30.1 Å². The van der Waals surface area contributed by atoms with Crippen molar-refractivity contribution < 1.29 is 9.90 Å². The van der Waals surface area contributed by atoms with Gasteiger partial charge in [-0.2, -0.15) is 0 Å². The van der Waals surface area contributed by atoms with Crippen molar-refractivity contribution in [2.75, 3.05) is 13.1 Å². The summed E-state index contributed by atoms with van der Waals surface area (Å²) >= 11 is 12.1. The summed E-state index contributed by atoms with van der Waals surface area (Å²) < 4.78 is 1.35. The van der Waals surface area contributed by atoms with Crippen molar-refractivity contribution in [3.8, 4) is 0 Å². The molecule has 1 aromatic heterocycles. The SMILES string of the molecule is O=C(O)Cn1cc(CCN2CCCC2c2ccc(Cl)c(Cl)c2)nn1. The highest BCUT2D eigenvalue weighted by Crippen LogP contribution is 2.34. The van der Waals surface area contributed by atoms with E-state index in [1.807, 2.05) is 18.2 Å². The smallest absolute Gasteiger partial charge is 0.325 e. The number of nitrogens with zero attached hydrogens (tertiary/aromatic N) is 4. The molecule has 0 aliphatic carbocycles. The number of rotatable bonds is 6. The number of halogens is 2. The molecule has 0 radical (unpaired) electrons. The first-order valence-corrected chi connectivity index (χ1v) is 8.58. The van der Waals surface area contributed by atoms with E-state index in [0.717, 1.165) is 38.0 Å². The molecule has 2 heterocycles. The number of carboxylic acid groups (broad SMARTS) is 1. The number of aromatic nitrogens is 3. The van der Waals surface area contributed by atoms with Crippen LogP contribution in [0.5, 0.6) is 0 Å². The van der Waals surface area contributed by atoms with Crippen LogP contribution in [0.2, 0.25) is 10.0 Å². The molecule has 6 nitrogen and oxygen atoms in total. The Balaban J connectivity index is 1.62. The Morgan fingerprint density at radius 3 is 2.92 bits per heavy atom. The third kappa shape index (κ3) is 4.06. The molecular formula is C16H18Cl2N4O2. The van der Waals surface area contributed by atoms with E-state index in [9.17, 15) is 4.79 Å². The van der Waals surface area contributed by atoms with Gasteiger partial charge in [0.25, 0.3) is 0 Å². The number of hydrogen-bond acceptors (Lipinski definition) is 4. The first kappa shape index (κ1) is 17.2. The number of benzene rings is 1. The van der Waals surface area contributed by atoms with E-state index in [1.165, 1.54) is 10.2 Å². The summed E-state index contributed by atoms with van der Waals surface area (Å²) in [4.78, 5) is 13.1. The second-order valence-electron chi connectivity index (χ2n) is 5.92. The van der Waals surface area contributed by atoms with Gasteiger partial charge in [0.2, 0.25) is 0 Å². The zero-order chi connectivity index (χ0) is 17.1. The van der Waals surface area contributed by atoms with Gasteiger partial charge in [-0.05, 0) is 37.1 Å². The molecule has 1 atom stereocenters. The third-order valence-electron chi connectivity index (χ3n) is 4.23. The van der Waals surface area contributed by atoms with Crippen molar-refractivity contribution in [3.63, 3.8) is 0 Å². The Morgan fingerprint density at radius 1 is 1.33 bits per heavy atom. The van der Waals surface area contributed by atoms with E-state index in [1.54, 1.807) is 6.20 Å². The molecule has 1 unspecified atom stereocenters. The molecule has 0 saturated carbocycles. The lowest BCUT2D eigenvalue weighted by Crippen LogP contribution is -2.25. The van der Waals surface area contributed by atoms with Gasteiger partial charge in [-0.1, -0.05) is 34.5 Å². The first-order chi connectivity index (χ1) is 11.5. The van der Waals surface area contributed by atoms with Gasteiger partial charge in [-0.25, -0.2) is 4.68 Å². The summed E-state index contributed by atoms with van der Waals surface area (Å²) in [6.45, 7) is 1.70. The topological polar surface area (TPSA) is 71.2 Å². The van der Waals surface area contributed by atoms with Crippen LogP contribution in [0.15, 0.2) is 24.4 Å². The fraction of sp³-hybridized carbons (Fsp3) is 0.438. The molecule has 3 rings (SSSR count). The van der Waals surface area contributed by atoms with Crippen LogP contribution in [0.4, 0.5) is 0 Å². The summed E-state index contributed by atoms with van der Waals surface area (Å²) in [6.07, 6.45) is 4.65. The highest BCUT2D eigenvalue weighted by atomic mass is 35.5. The fourth-order valence-electron chi connectivity index (χ4n) is 3.12. The normalized spacial score (nSPS) is 18.2. The summed E-state index contributed by atoms with van der Waals surface area (Å²) in [5, 5.41) is 17.8. The maximum absolute atomic E-state index is 10.7. The van der Waals surface area contributed by atoms with Crippen molar-refractivity contribution in [2.45, 2.75) is 31.8 Å². The van der Waals surface area contributed by atoms with E-state index < -0.39 is 5.97 Å². The lowest BCUT2D eigenvalue weighted by atomic mass is 10.0. The summed E-state index contributed by atoms with van der Waals surface area (Å²) in [7, 11) is 0. The molecule has 2 aromatic rings. The van der Waals surface area contributed by atoms with Crippen molar-refractivity contribution >= 4 is 29.2 Å². The van der Waals surface area contributed by atoms with Crippen molar-refractivity contribution in [1.29, 1.82) is 0 Å². The average Bonchev–Trinajstić information content (AvgIpc) is 3.16. The van der Waals surface area contributed by atoms with Gasteiger partial charge < -0.3 is 5.11 Å². The quantitative estimate of drug-likeness (QED) is 0.848. The Hall–Kier alpha value is -1.63. The molecule has 1 aliphatic heterocycles. The molecule has 1 fully saturated rings. The standard InChI is InChI=1S/C16H18Cl2N4O2/c17-13-4-3-11(8-14(13)18)15-2-1-6-21(15)7-5-12-9-22(20-19-12)10-16(23)24/h3-4,8-9,15H,1-2,5-7,10H2,(H,23,24). The first-order valence-electron chi connectivity index (χ1n) is 7.83. The van der Waals surface area contributed by atoms with Crippen LogP contribution < -0.4 is 0 Å². The molecule has 1 N–H and O–H groups in total. The van der Waals surface area contributed by atoms with Crippen molar-refractivity contribution in [2.24, 2.45) is 0 Å². The Morgan fingerprint density at radius 2 is 2.17 bits per heavy atom. The molecule has 0 spiro atoms. The fourth-order valence-corrected chi connectivity index (χ4v) is 3.42.